The van der Waals surface area contributed by atoms with Crippen molar-refractivity contribution < 1.29 is 27.5 Å². The van der Waals surface area contributed by atoms with Crippen LogP contribution in [0.5, 0.6) is 5.75 Å². The number of likely N-dealkylation sites (tertiary alicyclic amines) is 1. The van der Waals surface area contributed by atoms with E-state index in [4.69, 9.17) is 4.74 Å². The maximum Gasteiger partial charge on any atom is 0.416 e. The molecule has 36 heavy (non-hydrogen) atoms. The fraction of sp³-hybridized carbons (Fsp3) is 0.481. The van der Waals surface area contributed by atoms with Crippen molar-refractivity contribution in [1.82, 2.24) is 15.1 Å². The Morgan fingerprint density at radius 2 is 1.83 bits per heavy atom. The van der Waals surface area contributed by atoms with E-state index in [0.717, 1.165) is 12.1 Å². The lowest BCUT2D eigenvalue weighted by Gasteiger charge is -2.44. The lowest BCUT2D eigenvalue weighted by Crippen LogP contribution is -2.59. The summed E-state index contributed by atoms with van der Waals surface area (Å²) in [5.74, 6) is 0.651. The standard InChI is InChI=1S/C27H32F3N3O3/c1-18(2)14-23-25(35)33(17-19-6-4-8-21(15-19)27(28,29)30)26(31-23)10-12-32(13-11-26)24(34)20-7-5-9-22(16-20)36-3/h4-9,15-16,18,23,31H,10-14,17H2,1-3H3. The Labute approximate surface area is 209 Å². The number of hydrogen-bond acceptors (Lipinski definition) is 4. The number of piperidine rings is 1. The minimum atomic E-state index is -4.45. The summed E-state index contributed by atoms with van der Waals surface area (Å²) in [6.45, 7) is 4.99. The molecule has 194 valence electrons. The molecule has 2 heterocycles. The Bertz CT molecular complexity index is 1110. The molecule has 4 rings (SSSR count). The molecule has 9 heteroatoms. The molecule has 2 saturated heterocycles. The predicted molar refractivity (Wildman–Crippen MR) is 129 cm³/mol. The van der Waals surface area contributed by atoms with Crippen LogP contribution < -0.4 is 10.1 Å². The molecule has 2 aliphatic heterocycles. The number of carbonyl (C=O) groups excluding carboxylic acids is 2. The number of rotatable bonds is 6. The molecule has 2 amide bonds. The van der Waals surface area contributed by atoms with E-state index >= 15 is 0 Å². The third kappa shape index (κ3) is 5.36. The zero-order valence-corrected chi connectivity index (χ0v) is 20.8. The summed E-state index contributed by atoms with van der Waals surface area (Å²) < 4.78 is 45.1. The monoisotopic (exact) mass is 503 g/mol. The van der Waals surface area contributed by atoms with Crippen LogP contribution in [0, 0.1) is 5.92 Å². The maximum atomic E-state index is 13.5. The molecule has 0 saturated carbocycles. The Balaban J connectivity index is 1.55. The van der Waals surface area contributed by atoms with Crippen molar-refractivity contribution in [2.75, 3.05) is 20.2 Å². The number of alkyl halides is 3. The summed E-state index contributed by atoms with van der Waals surface area (Å²) in [4.78, 5) is 30.0. The molecule has 1 atom stereocenters. The molecule has 2 aromatic carbocycles. The Hall–Kier alpha value is -3.07. The second kappa shape index (κ2) is 10.1. The smallest absolute Gasteiger partial charge is 0.416 e. The van der Waals surface area contributed by atoms with E-state index in [1.54, 1.807) is 47.2 Å². The van der Waals surface area contributed by atoms with Gasteiger partial charge in [-0.2, -0.15) is 13.2 Å². The number of carbonyl (C=O) groups is 2. The van der Waals surface area contributed by atoms with Crippen LogP contribution in [0.25, 0.3) is 0 Å². The number of methoxy groups -OCH3 is 1. The van der Waals surface area contributed by atoms with Gasteiger partial charge in [-0.1, -0.05) is 32.0 Å². The van der Waals surface area contributed by atoms with Gasteiger partial charge in [0.15, 0.2) is 0 Å². The Morgan fingerprint density at radius 3 is 2.47 bits per heavy atom. The molecule has 0 aliphatic carbocycles. The number of nitrogens with one attached hydrogen (secondary N) is 1. The molecule has 2 aromatic rings. The lowest BCUT2D eigenvalue weighted by molar-refractivity contribution is -0.137. The van der Waals surface area contributed by atoms with Crippen LogP contribution in [0.4, 0.5) is 13.2 Å². The normalized spacial score (nSPS) is 19.9. The molecule has 1 unspecified atom stereocenters. The molecular weight excluding hydrogens is 471 g/mol. The van der Waals surface area contributed by atoms with Crippen molar-refractivity contribution in [2.45, 2.75) is 57.5 Å². The van der Waals surface area contributed by atoms with E-state index in [2.05, 4.69) is 5.32 Å². The second-order valence-electron chi connectivity index (χ2n) is 10.0. The molecule has 0 bridgehead atoms. The maximum absolute atomic E-state index is 13.5. The summed E-state index contributed by atoms with van der Waals surface area (Å²) >= 11 is 0. The summed E-state index contributed by atoms with van der Waals surface area (Å²) in [7, 11) is 1.55. The zero-order chi connectivity index (χ0) is 26.1. The van der Waals surface area contributed by atoms with E-state index < -0.39 is 23.4 Å². The Morgan fingerprint density at radius 1 is 1.14 bits per heavy atom. The summed E-state index contributed by atoms with van der Waals surface area (Å²) in [5.41, 5.74) is -0.486. The van der Waals surface area contributed by atoms with Crippen LogP contribution in [0.3, 0.4) is 0 Å². The van der Waals surface area contributed by atoms with Gasteiger partial charge in [0.1, 0.15) is 5.75 Å². The number of nitrogens with zero attached hydrogens (tertiary/aromatic N) is 2. The van der Waals surface area contributed by atoms with E-state index in [-0.39, 0.29) is 24.3 Å². The van der Waals surface area contributed by atoms with E-state index in [9.17, 15) is 22.8 Å². The summed E-state index contributed by atoms with van der Waals surface area (Å²) in [6, 6.07) is 11.7. The van der Waals surface area contributed by atoms with Crippen molar-refractivity contribution >= 4 is 11.8 Å². The fourth-order valence-electron chi connectivity index (χ4n) is 5.18. The molecule has 1 spiro atoms. The van der Waals surface area contributed by atoms with Gasteiger partial charge in [-0.3, -0.25) is 14.9 Å². The van der Waals surface area contributed by atoms with Crippen LogP contribution in [0.2, 0.25) is 0 Å². The van der Waals surface area contributed by atoms with Gasteiger partial charge in [0.2, 0.25) is 5.91 Å². The van der Waals surface area contributed by atoms with Gasteiger partial charge in [0, 0.05) is 38.0 Å². The molecule has 0 aromatic heterocycles. The van der Waals surface area contributed by atoms with E-state index in [0.29, 0.717) is 49.2 Å². The number of hydrogen-bond donors (Lipinski definition) is 1. The molecule has 2 fully saturated rings. The molecule has 1 N–H and O–H groups in total. The highest BCUT2D eigenvalue weighted by atomic mass is 19.4. The van der Waals surface area contributed by atoms with Crippen molar-refractivity contribution in [3.8, 4) is 5.75 Å². The van der Waals surface area contributed by atoms with Crippen molar-refractivity contribution in [1.29, 1.82) is 0 Å². The molecule has 0 radical (unpaired) electrons. The largest absolute Gasteiger partial charge is 0.497 e. The van der Waals surface area contributed by atoms with Crippen LogP contribution in [-0.4, -0.2) is 53.5 Å². The minimum Gasteiger partial charge on any atom is -0.497 e. The van der Waals surface area contributed by atoms with Gasteiger partial charge in [0.25, 0.3) is 5.91 Å². The average Bonchev–Trinajstić information content (AvgIpc) is 3.08. The van der Waals surface area contributed by atoms with E-state index in [1.165, 1.54) is 6.07 Å². The van der Waals surface area contributed by atoms with Crippen LogP contribution in [0.15, 0.2) is 48.5 Å². The topological polar surface area (TPSA) is 61.9 Å². The summed E-state index contributed by atoms with van der Waals surface area (Å²) in [5, 5.41) is 3.52. The number of benzene rings is 2. The minimum absolute atomic E-state index is 0.0776. The average molecular weight is 504 g/mol. The number of amides is 2. The first kappa shape index (κ1) is 26.0. The highest BCUT2D eigenvalue weighted by Crippen LogP contribution is 2.37. The predicted octanol–water partition coefficient (Wildman–Crippen LogP) is 4.69. The van der Waals surface area contributed by atoms with Crippen LogP contribution in [0.1, 0.15) is 54.6 Å². The quantitative estimate of drug-likeness (QED) is 0.621. The first-order valence-electron chi connectivity index (χ1n) is 12.2. The Kier molecular flexibility index (Phi) is 7.31. The van der Waals surface area contributed by atoms with Crippen molar-refractivity contribution in [3.05, 3.63) is 65.2 Å². The zero-order valence-electron chi connectivity index (χ0n) is 20.8. The third-order valence-electron chi connectivity index (χ3n) is 7.02. The molecular formula is C27H32F3N3O3. The van der Waals surface area contributed by atoms with Crippen molar-refractivity contribution in [3.63, 3.8) is 0 Å². The fourth-order valence-corrected chi connectivity index (χ4v) is 5.18. The van der Waals surface area contributed by atoms with Crippen LogP contribution >= 0.6 is 0 Å². The SMILES string of the molecule is COc1cccc(C(=O)N2CCC3(CC2)NC(CC(C)C)C(=O)N3Cc2cccc(C(F)(F)F)c2)c1. The number of ether oxygens (including phenoxy) is 1. The van der Waals surface area contributed by atoms with Gasteiger partial charge >= 0.3 is 6.18 Å². The van der Waals surface area contributed by atoms with Gasteiger partial charge in [0.05, 0.1) is 24.4 Å². The molecule has 6 nitrogen and oxygen atoms in total. The van der Waals surface area contributed by atoms with Gasteiger partial charge in [-0.25, -0.2) is 0 Å². The highest BCUT2D eigenvalue weighted by Gasteiger charge is 2.51. The number of halogens is 3. The molecule has 2 aliphatic rings. The van der Waals surface area contributed by atoms with Gasteiger partial charge in [-0.05, 0) is 48.2 Å². The van der Waals surface area contributed by atoms with Gasteiger partial charge < -0.3 is 14.5 Å². The van der Waals surface area contributed by atoms with E-state index in [1.807, 2.05) is 13.8 Å². The lowest BCUT2D eigenvalue weighted by atomic mass is 9.94. The third-order valence-corrected chi connectivity index (χ3v) is 7.02. The first-order valence-corrected chi connectivity index (χ1v) is 12.2. The highest BCUT2D eigenvalue weighted by molar-refractivity contribution is 5.94. The first-order chi connectivity index (χ1) is 17.0. The van der Waals surface area contributed by atoms with Crippen LogP contribution in [-0.2, 0) is 17.5 Å². The second-order valence-corrected chi connectivity index (χ2v) is 10.0. The summed E-state index contributed by atoms with van der Waals surface area (Å²) in [6.07, 6.45) is -2.84. The van der Waals surface area contributed by atoms with Crippen molar-refractivity contribution in [2.24, 2.45) is 5.92 Å². The van der Waals surface area contributed by atoms with Gasteiger partial charge in [-0.15, -0.1) is 0 Å².